The number of rotatable bonds is 5. The summed E-state index contributed by atoms with van der Waals surface area (Å²) in [4.78, 5) is 4.00. The van der Waals surface area contributed by atoms with Crippen LogP contribution in [-0.2, 0) is 0 Å². The molecule has 3 rings (SSSR count). The number of hydrogen-bond donors (Lipinski definition) is 1. The standard InChI is InChI=1S/C17H23N3O/c18-12-15-3-4-16(13-20-15)21-9-1-2-14-10-17(11-14)5-7-19-8-6-17/h3-4,13-14,19H,1-2,5-11H2. The van der Waals surface area contributed by atoms with E-state index in [9.17, 15) is 0 Å². The molecule has 1 saturated heterocycles. The molecule has 0 aromatic carbocycles. The topological polar surface area (TPSA) is 57.9 Å². The summed E-state index contributed by atoms with van der Waals surface area (Å²) in [6.45, 7) is 3.17. The lowest BCUT2D eigenvalue weighted by molar-refractivity contribution is 0.0149. The molecule has 0 unspecified atom stereocenters. The second kappa shape index (κ2) is 6.44. The van der Waals surface area contributed by atoms with Gasteiger partial charge in [-0.25, -0.2) is 4.98 Å². The van der Waals surface area contributed by atoms with Gasteiger partial charge < -0.3 is 10.1 Å². The number of nitriles is 1. The van der Waals surface area contributed by atoms with Crippen molar-refractivity contribution in [3.05, 3.63) is 24.0 Å². The Morgan fingerprint density at radius 3 is 2.81 bits per heavy atom. The van der Waals surface area contributed by atoms with Crippen LogP contribution >= 0.6 is 0 Å². The summed E-state index contributed by atoms with van der Waals surface area (Å²) < 4.78 is 5.68. The van der Waals surface area contributed by atoms with Crippen molar-refractivity contribution in [3.8, 4) is 11.8 Å². The van der Waals surface area contributed by atoms with Gasteiger partial charge in [-0.3, -0.25) is 0 Å². The Bertz CT molecular complexity index is 492. The van der Waals surface area contributed by atoms with E-state index in [0.29, 0.717) is 11.1 Å². The van der Waals surface area contributed by atoms with E-state index in [1.54, 1.807) is 12.3 Å². The molecule has 1 spiro atoms. The Labute approximate surface area is 126 Å². The highest BCUT2D eigenvalue weighted by Gasteiger charge is 2.43. The van der Waals surface area contributed by atoms with Gasteiger partial charge in [-0.05, 0) is 75.1 Å². The summed E-state index contributed by atoms with van der Waals surface area (Å²) in [5, 5.41) is 12.1. The van der Waals surface area contributed by atoms with E-state index in [4.69, 9.17) is 10.00 Å². The molecule has 21 heavy (non-hydrogen) atoms. The Kier molecular flexibility index (Phi) is 4.40. The van der Waals surface area contributed by atoms with Crippen LogP contribution in [0.5, 0.6) is 5.75 Å². The first-order valence-corrected chi connectivity index (χ1v) is 7.99. The average Bonchev–Trinajstić information content (AvgIpc) is 2.51. The highest BCUT2D eigenvalue weighted by atomic mass is 16.5. The molecular formula is C17H23N3O. The third-order valence-corrected chi connectivity index (χ3v) is 4.98. The van der Waals surface area contributed by atoms with Crippen molar-refractivity contribution in [2.45, 2.75) is 38.5 Å². The van der Waals surface area contributed by atoms with Crippen molar-refractivity contribution < 1.29 is 4.74 Å². The number of hydrogen-bond acceptors (Lipinski definition) is 4. The fourth-order valence-electron chi connectivity index (χ4n) is 3.83. The first-order valence-electron chi connectivity index (χ1n) is 7.99. The van der Waals surface area contributed by atoms with Gasteiger partial charge >= 0.3 is 0 Å². The molecule has 112 valence electrons. The highest BCUT2D eigenvalue weighted by Crippen LogP contribution is 2.52. The van der Waals surface area contributed by atoms with E-state index in [-0.39, 0.29) is 0 Å². The van der Waals surface area contributed by atoms with Crippen molar-refractivity contribution in [1.29, 1.82) is 5.26 Å². The van der Waals surface area contributed by atoms with Crippen LogP contribution in [0, 0.1) is 22.7 Å². The van der Waals surface area contributed by atoms with E-state index >= 15 is 0 Å². The number of aromatic nitrogens is 1. The molecule has 0 bridgehead atoms. The lowest BCUT2D eigenvalue weighted by Crippen LogP contribution is -2.45. The molecule has 1 aliphatic carbocycles. The number of pyridine rings is 1. The summed E-state index contributed by atoms with van der Waals surface area (Å²) in [6, 6.07) is 5.52. The third-order valence-electron chi connectivity index (χ3n) is 4.98. The molecule has 1 aliphatic heterocycles. The summed E-state index contributed by atoms with van der Waals surface area (Å²) in [6.07, 6.45) is 9.61. The van der Waals surface area contributed by atoms with E-state index in [0.717, 1.165) is 24.7 Å². The normalized spacial score (nSPS) is 20.7. The van der Waals surface area contributed by atoms with Crippen molar-refractivity contribution in [1.82, 2.24) is 10.3 Å². The van der Waals surface area contributed by atoms with Crippen LogP contribution < -0.4 is 10.1 Å². The van der Waals surface area contributed by atoms with Gasteiger partial charge in [-0.1, -0.05) is 0 Å². The van der Waals surface area contributed by atoms with Gasteiger partial charge in [-0.2, -0.15) is 5.26 Å². The Balaban J connectivity index is 1.31. The molecule has 1 aromatic rings. The van der Waals surface area contributed by atoms with Crippen molar-refractivity contribution in [2.75, 3.05) is 19.7 Å². The van der Waals surface area contributed by atoms with E-state index < -0.39 is 0 Å². The zero-order valence-corrected chi connectivity index (χ0v) is 12.5. The van der Waals surface area contributed by atoms with Crippen LogP contribution in [0.4, 0.5) is 0 Å². The molecule has 0 amide bonds. The lowest BCUT2D eigenvalue weighted by Gasteiger charge is -2.50. The fourth-order valence-corrected chi connectivity index (χ4v) is 3.83. The van der Waals surface area contributed by atoms with E-state index in [1.807, 2.05) is 12.1 Å². The monoisotopic (exact) mass is 285 g/mol. The molecular weight excluding hydrogens is 262 g/mol. The maximum Gasteiger partial charge on any atom is 0.140 e. The molecule has 2 heterocycles. The van der Waals surface area contributed by atoms with Gasteiger partial charge in [0.05, 0.1) is 12.8 Å². The molecule has 4 nitrogen and oxygen atoms in total. The number of nitrogens with zero attached hydrogens (tertiary/aromatic N) is 2. The van der Waals surface area contributed by atoms with E-state index in [1.165, 1.54) is 45.2 Å². The second-order valence-electron chi connectivity index (χ2n) is 6.51. The SMILES string of the molecule is N#Cc1ccc(OCCCC2CC3(CCNCC3)C2)cn1. The maximum absolute atomic E-state index is 8.69. The molecule has 0 atom stereocenters. The van der Waals surface area contributed by atoms with Crippen molar-refractivity contribution >= 4 is 0 Å². The minimum atomic E-state index is 0.434. The molecule has 2 fully saturated rings. The van der Waals surface area contributed by atoms with Crippen LogP contribution in [0.25, 0.3) is 0 Å². The molecule has 1 saturated carbocycles. The number of ether oxygens (including phenoxy) is 1. The first-order chi connectivity index (χ1) is 10.3. The molecule has 1 aromatic heterocycles. The van der Waals surface area contributed by atoms with Gasteiger partial charge in [0.15, 0.2) is 0 Å². The maximum atomic E-state index is 8.69. The van der Waals surface area contributed by atoms with Gasteiger partial charge in [-0.15, -0.1) is 0 Å². The summed E-state index contributed by atoms with van der Waals surface area (Å²) >= 11 is 0. The molecule has 2 aliphatic rings. The van der Waals surface area contributed by atoms with Crippen LogP contribution in [0.3, 0.4) is 0 Å². The fraction of sp³-hybridized carbons (Fsp3) is 0.647. The van der Waals surface area contributed by atoms with Gasteiger partial charge in [0.25, 0.3) is 0 Å². The molecule has 0 radical (unpaired) electrons. The van der Waals surface area contributed by atoms with Gasteiger partial charge in [0, 0.05) is 0 Å². The van der Waals surface area contributed by atoms with E-state index in [2.05, 4.69) is 10.3 Å². The smallest absolute Gasteiger partial charge is 0.140 e. The minimum absolute atomic E-state index is 0.434. The van der Waals surface area contributed by atoms with Crippen LogP contribution in [0.15, 0.2) is 18.3 Å². The lowest BCUT2D eigenvalue weighted by atomic mass is 9.57. The van der Waals surface area contributed by atoms with Crippen LogP contribution in [0.1, 0.15) is 44.2 Å². The predicted octanol–water partition coefficient (Wildman–Crippen LogP) is 2.89. The Morgan fingerprint density at radius 2 is 2.14 bits per heavy atom. The number of piperidine rings is 1. The highest BCUT2D eigenvalue weighted by molar-refractivity contribution is 5.26. The summed E-state index contributed by atoms with van der Waals surface area (Å²) in [5.74, 6) is 1.67. The number of nitrogens with one attached hydrogen (secondary N) is 1. The average molecular weight is 285 g/mol. The summed E-state index contributed by atoms with van der Waals surface area (Å²) in [5.41, 5.74) is 1.12. The summed E-state index contributed by atoms with van der Waals surface area (Å²) in [7, 11) is 0. The Morgan fingerprint density at radius 1 is 1.33 bits per heavy atom. The predicted molar refractivity (Wildman–Crippen MR) is 80.9 cm³/mol. The minimum Gasteiger partial charge on any atom is -0.492 e. The molecule has 1 N–H and O–H groups in total. The third kappa shape index (κ3) is 3.54. The second-order valence-corrected chi connectivity index (χ2v) is 6.51. The largest absolute Gasteiger partial charge is 0.492 e. The van der Waals surface area contributed by atoms with Crippen LogP contribution in [-0.4, -0.2) is 24.7 Å². The van der Waals surface area contributed by atoms with Crippen molar-refractivity contribution in [3.63, 3.8) is 0 Å². The van der Waals surface area contributed by atoms with Gasteiger partial charge in [0.1, 0.15) is 17.5 Å². The van der Waals surface area contributed by atoms with Crippen molar-refractivity contribution in [2.24, 2.45) is 11.3 Å². The Hall–Kier alpha value is -1.60. The first kappa shape index (κ1) is 14.3. The molecule has 4 heteroatoms. The zero-order valence-electron chi connectivity index (χ0n) is 12.5. The van der Waals surface area contributed by atoms with Gasteiger partial charge in [0.2, 0.25) is 0 Å². The van der Waals surface area contributed by atoms with Crippen LogP contribution in [0.2, 0.25) is 0 Å². The zero-order chi connectivity index (χ0) is 14.5. The quantitative estimate of drug-likeness (QED) is 0.845.